The van der Waals surface area contributed by atoms with Gasteiger partial charge in [-0.3, -0.25) is 4.79 Å². The van der Waals surface area contributed by atoms with Gasteiger partial charge in [0.1, 0.15) is 5.78 Å². The predicted octanol–water partition coefficient (Wildman–Crippen LogP) is 6.55. The van der Waals surface area contributed by atoms with Gasteiger partial charge in [0, 0.05) is 11.3 Å². The molecule has 124 valence electrons. The van der Waals surface area contributed by atoms with E-state index in [0.29, 0.717) is 11.7 Å². The summed E-state index contributed by atoms with van der Waals surface area (Å²) in [5.41, 5.74) is -0.110. The van der Waals surface area contributed by atoms with Gasteiger partial charge in [0.25, 0.3) is 0 Å². The molecule has 1 nitrogen and oxygen atoms in total. The first-order valence-electron chi connectivity index (χ1n) is 9.53. The number of carbonyl (C=O) groups is 1. The van der Waals surface area contributed by atoms with Crippen LogP contribution in [0, 0.1) is 17.3 Å². The van der Waals surface area contributed by atoms with Crippen LogP contribution >= 0.6 is 0 Å². The van der Waals surface area contributed by atoms with Gasteiger partial charge in [-0.2, -0.15) is 0 Å². The van der Waals surface area contributed by atoms with E-state index in [1.165, 1.54) is 70.6 Å². The zero-order valence-electron chi connectivity index (χ0n) is 15.0. The molecule has 1 rings (SSSR count). The highest BCUT2D eigenvalue weighted by molar-refractivity contribution is 5.86. The van der Waals surface area contributed by atoms with Gasteiger partial charge in [-0.15, -0.1) is 0 Å². The Morgan fingerprint density at radius 3 is 2.19 bits per heavy atom. The molecular formula is C20H38O. The van der Waals surface area contributed by atoms with Crippen molar-refractivity contribution in [3.63, 3.8) is 0 Å². The Morgan fingerprint density at radius 2 is 1.57 bits per heavy atom. The molecule has 1 saturated carbocycles. The van der Waals surface area contributed by atoms with E-state index in [4.69, 9.17) is 0 Å². The lowest BCUT2D eigenvalue weighted by Gasteiger charge is -2.33. The van der Waals surface area contributed by atoms with Crippen LogP contribution in [0.4, 0.5) is 0 Å². The molecule has 0 heterocycles. The second-order valence-electron chi connectivity index (χ2n) is 7.95. The minimum absolute atomic E-state index is 0.110. The highest BCUT2D eigenvalue weighted by Gasteiger charge is 2.34. The van der Waals surface area contributed by atoms with Crippen molar-refractivity contribution in [1.82, 2.24) is 0 Å². The predicted molar refractivity (Wildman–Crippen MR) is 92.5 cm³/mol. The number of carbonyl (C=O) groups excluding carboxylic acids is 1. The van der Waals surface area contributed by atoms with E-state index in [2.05, 4.69) is 27.7 Å². The molecule has 0 bridgehead atoms. The van der Waals surface area contributed by atoms with E-state index in [1.807, 2.05) is 0 Å². The monoisotopic (exact) mass is 294 g/mol. The van der Waals surface area contributed by atoms with Crippen molar-refractivity contribution < 1.29 is 4.79 Å². The van der Waals surface area contributed by atoms with Crippen LogP contribution in [0.3, 0.4) is 0 Å². The number of Topliss-reactive ketones (excluding diaryl/α,β-unsaturated/α-hetero) is 1. The first kappa shape index (κ1) is 18.7. The highest BCUT2D eigenvalue weighted by atomic mass is 16.1. The Morgan fingerprint density at radius 1 is 1.00 bits per heavy atom. The van der Waals surface area contributed by atoms with E-state index >= 15 is 0 Å². The van der Waals surface area contributed by atoms with Crippen molar-refractivity contribution in [1.29, 1.82) is 0 Å². The summed E-state index contributed by atoms with van der Waals surface area (Å²) < 4.78 is 0. The van der Waals surface area contributed by atoms with E-state index in [-0.39, 0.29) is 11.3 Å². The summed E-state index contributed by atoms with van der Waals surface area (Å²) in [6, 6.07) is 0. The molecule has 1 fully saturated rings. The maximum Gasteiger partial charge on any atom is 0.141 e. The zero-order valence-corrected chi connectivity index (χ0v) is 15.0. The second-order valence-corrected chi connectivity index (χ2v) is 7.95. The minimum Gasteiger partial charge on any atom is -0.299 e. The molecule has 1 atom stereocenters. The van der Waals surface area contributed by atoms with Gasteiger partial charge in [-0.1, -0.05) is 85.5 Å². The van der Waals surface area contributed by atoms with Gasteiger partial charge in [0.15, 0.2) is 0 Å². The van der Waals surface area contributed by atoms with Crippen molar-refractivity contribution in [2.75, 3.05) is 0 Å². The molecule has 21 heavy (non-hydrogen) atoms. The summed E-state index contributed by atoms with van der Waals surface area (Å²) >= 11 is 0. The average molecular weight is 295 g/mol. The molecule has 0 aromatic rings. The summed E-state index contributed by atoms with van der Waals surface area (Å²) in [7, 11) is 0. The number of hydrogen-bond acceptors (Lipinski definition) is 1. The maximum absolute atomic E-state index is 12.8. The number of unbranched alkanes of at least 4 members (excludes halogenated alkanes) is 5. The van der Waals surface area contributed by atoms with Crippen molar-refractivity contribution in [3.8, 4) is 0 Å². The van der Waals surface area contributed by atoms with E-state index in [1.54, 1.807) is 0 Å². The quantitative estimate of drug-likeness (QED) is 0.417. The van der Waals surface area contributed by atoms with Crippen LogP contribution in [0.1, 0.15) is 105 Å². The van der Waals surface area contributed by atoms with Crippen LogP contribution < -0.4 is 0 Å². The lowest BCUT2D eigenvalue weighted by molar-refractivity contribution is -0.133. The molecule has 0 aromatic heterocycles. The normalized spacial score (nSPS) is 18.7. The van der Waals surface area contributed by atoms with Crippen molar-refractivity contribution in [2.24, 2.45) is 17.3 Å². The molecule has 0 spiro atoms. The van der Waals surface area contributed by atoms with E-state index in [9.17, 15) is 4.79 Å². The fourth-order valence-corrected chi connectivity index (χ4v) is 3.94. The third-order valence-electron chi connectivity index (χ3n) is 5.59. The first-order chi connectivity index (χ1) is 9.99. The summed E-state index contributed by atoms with van der Waals surface area (Å²) in [5.74, 6) is 1.47. The summed E-state index contributed by atoms with van der Waals surface area (Å²) in [6.07, 6.45) is 15.6. The minimum atomic E-state index is -0.110. The summed E-state index contributed by atoms with van der Waals surface area (Å²) in [6.45, 7) is 8.82. The standard InChI is InChI=1S/C20H38O/c1-5-6-7-8-9-13-16-20(3,4)19(21)17(2)18-14-11-10-12-15-18/h17-18H,5-16H2,1-4H3. The first-order valence-corrected chi connectivity index (χ1v) is 9.53. The van der Waals surface area contributed by atoms with E-state index < -0.39 is 0 Å². The number of ketones is 1. The topological polar surface area (TPSA) is 17.1 Å². The van der Waals surface area contributed by atoms with Gasteiger partial charge in [0.2, 0.25) is 0 Å². The molecule has 0 aliphatic heterocycles. The van der Waals surface area contributed by atoms with Crippen LogP contribution in [-0.2, 0) is 4.79 Å². The maximum atomic E-state index is 12.8. The van der Waals surface area contributed by atoms with Crippen molar-refractivity contribution >= 4 is 5.78 Å². The Balaban J connectivity index is 2.32. The number of hydrogen-bond donors (Lipinski definition) is 0. The van der Waals surface area contributed by atoms with Crippen LogP contribution in [-0.4, -0.2) is 5.78 Å². The second kappa shape index (κ2) is 9.64. The number of rotatable bonds is 10. The fourth-order valence-electron chi connectivity index (χ4n) is 3.94. The van der Waals surface area contributed by atoms with Crippen LogP contribution in [0.15, 0.2) is 0 Å². The molecule has 0 amide bonds. The lowest BCUT2D eigenvalue weighted by Crippen LogP contribution is -2.34. The smallest absolute Gasteiger partial charge is 0.141 e. The zero-order chi connectivity index (χ0) is 15.7. The third kappa shape index (κ3) is 6.53. The lowest BCUT2D eigenvalue weighted by atomic mass is 9.71. The molecule has 0 aromatic carbocycles. The van der Waals surface area contributed by atoms with Crippen molar-refractivity contribution in [2.45, 2.75) is 105 Å². The van der Waals surface area contributed by atoms with E-state index in [0.717, 1.165) is 6.42 Å². The van der Waals surface area contributed by atoms with Crippen LogP contribution in [0.2, 0.25) is 0 Å². The molecule has 1 unspecified atom stereocenters. The molecule has 0 N–H and O–H groups in total. The van der Waals surface area contributed by atoms with Gasteiger partial charge in [-0.25, -0.2) is 0 Å². The fraction of sp³-hybridized carbons (Fsp3) is 0.950. The molecule has 1 aliphatic rings. The SMILES string of the molecule is CCCCCCCCC(C)(C)C(=O)C(C)C1CCCCC1. The van der Waals surface area contributed by atoms with Gasteiger partial charge >= 0.3 is 0 Å². The largest absolute Gasteiger partial charge is 0.299 e. The Hall–Kier alpha value is -0.330. The summed E-state index contributed by atoms with van der Waals surface area (Å²) in [4.78, 5) is 12.8. The Bertz CT molecular complexity index is 286. The highest BCUT2D eigenvalue weighted by Crippen LogP contribution is 2.36. The molecule has 1 aliphatic carbocycles. The van der Waals surface area contributed by atoms with Crippen LogP contribution in [0.5, 0.6) is 0 Å². The molecule has 0 saturated heterocycles. The van der Waals surface area contributed by atoms with Gasteiger partial charge < -0.3 is 0 Å². The Labute approximate surface area is 133 Å². The molecule has 1 heteroatoms. The molecule has 0 radical (unpaired) electrons. The Kier molecular flexibility index (Phi) is 8.59. The third-order valence-corrected chi connectivity index (χ3v) is 5.59. The van der Waals surface area contributed by atoms with Gasteiger partial charge in [0.05, 0.1) is 0 Å². The molecular weight excluding hydrogens is 256 g/mol. The van der Waals surface area contributed by atoms with Gasteiger partial charge in [-0.05, 0) is 25.2 Å². The summed E-state index contributed by atoms with van der Waals surface area (Å²) in [5, 5.41) is 0. The van der Waals surface area contributed by atoms with Crippen LogP contribution in [0.25, 0.3) is 0 Å². The van der Waals surface area contributed by atoms with Crippen molar-refractivity contribution in [3.05, 3.63) is 0 Å². The average Bonchev–Trinajstić information content (AvgIpc) is 2.50.